The molecule has 1 fully saturated rings. The highest BCUT2D eigenvalue weighted by Crippen LogP contribution is 2.27. The lowest BCUT2D eigenvalue weighted by molar-refractivity contribution is -0.130. The Morgan fingerprint density at radius 3 is 2.62 bits per heavy atom. The van der Waals surface area contributed by atoms with E-state index in [0.717, 1.165) is 11.3 Å². The monoisotopic (exact) mass is 329 g/mol. The van der Waals surface area contributed by atoms with Crippen molar-refractivity contribution in [2.75, 3.05) is 12.3 Å². The van der Waals surface area contributed by atoms with Crippen LogP contribution in [0.2, 0.25) is 0 Å². The van der Waals surface area contributed by atoms with E-state index in [1.54, 1.807) is 20.8 Å². The zero-order chi connectivity index (χ0) is 15.8. The molecule has 2 heterocycles. The quantitative estimate of drug-likeness (QED) is 0.628. The lowest BCUT2D eigenvalue weighted by atomic mass is 10.1. The van der Waals surface area contributed by atoms with Gasteiger partial charge >= 0.3 is 12.0 Å². The number of amides is 3. The molecule has 114 valence electrons. The Bertz CT molecular complexity index is 612. The molecule has 1 aliphatic heterocycles. The fraction of sp³-hybridized carbons (Fsp3) is 0.500. The summed E-state index contributed by atoms with van der Waals surface area (Å²) in [4.78, 5) is 40.1. The number of aromatic carboxylic acids is 1. The van der Waals surface area contributed by atoms with E-state index < -0.39 is 17.5 Å². The van der Waals surface area contributed by atoms with E-state index in [0.29, 0.717) is 15.8 Å². The first-order valence-electron chi connectivity index (χ1n) is 6.20. The van der Waals surface area contributed by atoms with Crippen LogP contribution in [0.4, 0.5) is 4.79 Å². The number of imide groups is 1. The van der Waals surface area contributed by atoms with Gasteiger partial charge in [0.2, 0.25) is 0 Å². The third kappa shape index (κ3) is 3.18. The maximum absolute atomic E-state index is 12.0. The molecular formula is C12H15N3O4S2. The van der Waals surface area contributed by atoms with Crippen molar-refractivity contribution in [3.63, 3.8) is 0 Å². The van der Waals surface area contributed by atoms with Crippen LogP contribution in [0, 0.1) is 6.92 Å². The van der Waals surface area contributed by atoms with Gasteiger partial charge in [0.05, 0.1) is 5.69 Å². The second-order valence-corrected chi connectivity index (χ2v) is 7.40. The van der Waals surface area contributed by atoms with Gasteiger partial charge in [-0.2, -0.15) is 0 Å². The topological polar surface area (TPSA) is 99.6 Å². The van der Waals surface area contributed by atoms with Crippen molar-refractivity contribution in [3.05, 3.63) is 10.6 Å². The number of nitrogens with one attached hydrogen (secondary N) is 1. The summed E-state index contributed by atoms with van der Waals surface area (Å²) in [5.41, 5.74) is -0.387. The van der Waals surface area contributed by atoms with Gasteiger partial charge in [-0.05, 0) is 20.8 Å². The molecule has 9 heteroatoms. The molecule has 0 aliphatic carbocycles. The lowest BCUT2D eigenvalue weighted by Gasteiger charge is -2.15. The number of carboxylic acid groups (broad SMARTS) is 1. The van der Waals surface area contributed by atoms with Crippen molar-refractivity contribution >= 4 is 41.0 Å². The van der Waals surface area contributed by atoms with Gasteiger partial charge in [-0.1, -0.05) is 11.8 Å². The molecule has 2 rings (SSSR count). The van der Waals surface area contributed by atoms with Crippen molar-refractivity contribution in [1.29, 1.82) is 0 Å². The number of carboxylic acids is 1. The number of nitrogens with zero attached hydrogens (tertiary/aromatic N) is 2. The van der Waals surface area contributed by atoms with Crippen LogP contribution in [-0.2, 0) is 4.79 Å². The summed E-state index contributed by atoms with van der Waals surface area (Å²) in [6.45, 7) is 5.22. The van der Waals surface area contributed by atoms with E-state index in [9.17, 15) is 14.4 Å². The molecule has 2 N–H and O–H groups in total. The van der Waals surface area contributed by atoms with Gasteiger partial charge < -0.3 is 10.4 Å². The molecule has 0 unspecified atom stereocenters. The van der Waals surface area contributed by atoms with Crippen LogP contribution in [-0.4, -0.2) is 50.7 Å². The number of hydrogen-bond donors (Lipinski definition) is 2. The van der Waals surface area contributed by atoms with Gasteiger partial charge in [-0.3, -0.25) is 9.69 Å². The second kappa shape index (κ2) is 5.64. The number of aromatic nitrogens is 1. The molecule has 0 radical (unpaired) electrons. The molecule has 3 amide bonds. The molecule has 1 aromatic rings. The lowest BCUT2D eigenvalue weighted by Crippen LogP contribution is -2.40. The second-order valence-electron chi connectivity index (χ2n) is 5.06. The van der Waals surface area contributed by atoms with Gasteiger partial charge in [-0.25, -0.2) is 14.6 Å². The number of thioether (sulfide) groups is 1. The average molecular weight is 329 g/mol. The minimum Gasteiger partial charge on any atom is -0.477 e. The third-order valence-corrected chi connectivity index (χ3v) is 5.22. The zero-order valence-corrected chi connectivity index (χ0v) is 13.4. The fourth-order valence-electron chi connectivity index (χ4n) is 1.88. The SMILES string of the molecule is Cc1nc(SCCN2C(=O)NC(C)(C)C2=O)sc1C(=O)O. The molecule has 0 atom stereocenters. The molecule has 0 spiro atoms. The molecule has 21 heavy (non-hydrogen) atoms. The molecule has 0 saturated carbocycles. The number of urea groups is 1. The van der Waals surface area contributed by atoms with Crippen molar-refractivity contribution in [2.45, 2.75) is 30.6 Å². The Labute approximate surface area is 129 Å². The first-order valence-corrected chi connectivity index (χ1v) is 8.00. The molecule has 7 nitrogen and oxygen atoms in total. The minimum atomic E-state index is -0.993. The number of carbonyl (C=O) groups is 3. The number of carbonyl (C=O) groups excluding carboxylic acids is 2. The fourth-order valence-corrected chi connectivity index (χ4v) is 3.90. The summed E-state index contributed by atoms with van der Waals surface area (Å²) < 4.78 is 0.621. The van der Waals surface area contributed by atoms with Crippen LogP contribution >= 0.6 is 23.1 Å². The van der Waals surface area contributed by atoms with Gasteiger partial charge in [0.25, 0.3) is 5.91 Å². The highest BCUT2D eigenvalue weighted by Gasteiger charge is 2.43. The van der Waals surface area contributed by atoms with E-state index in [-0.39, 0.29) is 17.3 Å². The Kier molecular flexibility index (Phi) is 4.24. The average Bonchev–Trinajstić information content (AvgIpc) is 2.82. The molecule has 0 aromatic carbocycles. The number of aryl methyl sites for hydroxylation is 1. The number of rotatable bonds is 5. The minimum absolute atomic E-state index is 0.216. The number of hydrogen-bond acceptors (Lipinski definition) is 6. The van der Waals surface area contributed by atoms with Crippen molar-refractivity contribution in [3.8, 4) is 0 Å². The highest BCUT2D eigenvalue weighted by atomic mass is 32.2. The maximum Gasteiger partial charge on any atom is 0.347 e. The Hall–Kier alpha value is -1.61. The third-order valence-electron chi connectivity index (χ3n) is 2.96. The van der Waals surface area contributed by atoms with E-state index >= 15 is 0 Å². The Morgan fingerprint density at radius 2 is 2.14 bits per heavy atom. The Morgan fingerprint density at radius 1 is 1.48 bits per heavy atom. The maximum atomic E-state index is 12.0. The van der Waals surface area contributed by atoms with Crippen LogP contribution in [0.25, 0.3) is 0 Å². The summed E-state index contributed by atoms with van der Waals surface area (Å²) in [5, 5.41) is 11.6. The van der Waals surface area contributed by atoms with E-state index in [4.69, 9.17) is 5.11 Å². The van der Waals surface area contributed by atoms with Crippen LogP contribution in [0.1, 0.15) is 29.2 Å². The number of thiazole rings is 1. The summed E-state index contributed by atoms with van der Waals surface area (Å²) in [7, 11) is 0. The van der Waals surface area contributed by atoms with E-state index in [1.807, 2.05) is 0 Å². The zero-order valence-electron chi connectivity index (χ0n) is 11.8. The normalized spacial score (nSPS) is 17.2. The first kappa shape index (κ1) is 15.8. The predicted octanol–water partition coefficient (Wildman–Crippen LogP) is 1.57. The van der Waals surface area contributed by atoms with Crippen molar-refractivity contribution < 1.29 is 19.5 Å². The smallest absolute Gasteiger partial charge is 0.347 e. The standard InChI is InChI=1S/C12H15N3O4S2/c1-6-7(8(16)17)21-11(13-6)20-5-4-15-9(18)12(2,3)14-10(15)19/h4-5H2,1-3H3,(H,14,19)(H,16,17). The summed E-state index contributed by atoms with van der Waals surface area (Å²) in [6.07, 6.45) is 0. The summed E-state index contributed by atoms with van der Waals surface area (Å²) >= 11 is 2.43. The summed E-state index contributed by atoms with van der Waals surface area (Å²) in [6, 6.07) is -0.396. The van der Waals surface area contributed by atoms with Crippen LogP contribution in [0.15, 0.2) is 4.34 Å². The first-order chi connectivity index (χ1) is 9.72. The van der Waals surface area contributed by atoms with Gasteiger partial charge in [-0.15, -0.1) is 11.3 Å². The van der Waals surface area contributed by atoms with Gasteiger partial charge in [0.15, 0.2) is 4.34 Å². The molecular weight excluding hydrogens is 314 g/mol. The molecule has 1 saturated heterocycles. The molecule has 0 bridgehead atoms. The van der Waals surface area contributed by atoms with Crippen LogP contribution < -0.4 is 5.32 Å². The molecule has 1 aromatic heterocycles. The molecule has 1 aliphatic rings. The highest BCUT2D eigenvalue weighted by molar-refractivity contribution is 8.01. The van der Waals surface area contributed by atoms with Crippen molar-refractivity contribution in [1.82, 2.24) is 15.2 Å². The Balaban J connectivity index is 1.93. The van der Waals surface area contributed by atoms with Crippen molar-refractivity contribution in [2.24, 2.45) is 0 Å². The van der Waals surface area contributed by atoms with E-state index in [1.165, 1.54) is 16.7 Å². The van der Waals surface area contributed by atoms with Gasteiger partial charge in [0.1, 0.15) is 10.4 Å². The predicted molar refractivity (Wildman–Crippen MR) is 78.9 cm³/mol. The van der Waals surface area contributed by atoms with Crippen LogP contribution in [0.3, 0.4) is 0 Å². The largest absolute Gasteiger partial charge is 0.477 e. The van der Waals surface area contributed by atoms with Crippen LogP contribution in [0.5, 0.6) is 0 Å². The van der Waals surface area contributed by atoms with Gasteiger partial charge in [0, 0.05) is 12.3 Å². The summed E-state index contributed by atoms with van der Waals surface area (Å²) in [5.74, 6) is -0.774. The van der Waals surface area contributed by atoms with E-state index in [2.05, 4.69) is 10.3 Å².